The Balaban J connectivity index is 1.85. The number of carbonyl (C=O) groups is 2. The molecule has 44 heavy (non-hydrogen) atoms. The van der Waals surface area contributed by atoms with E-state index in [1.165, 1.54) is 11.3 Å². The Labute approximate surface area is 267 Å². The number of benzene rings is 2. The Kier molecular flexibility index (Phi) is 8.95. The minimum Gasteiger partial charge on any atom is -0.352 e. The zero-order valence-electron chi connectivity index (χ0n) is 26.0. The van der Waals surface area contributed by atoms with Crippen molar-refractivity contribution in [2.75, 3.05) is 13.1 Å². The molecule has 3 heterocycles. The number of pyridine rings is 1. The first-order valence-electron chi connectivity index (χ1n) is 14.9. The Morgan fingerprint density at radius 3 is 2.34 bits per heavy atom. The molecule has 2 amide bonds. The second-order valence-electron chi connectivity index (χ2n) is 11.7. The SMILES string of the molecule is CCc1cccc(CC)c1-n1c(C=C(C)C)c(C(=O)N2CCNC(=O)C2(C)C)cc(-c2nc(-c3ccc(Cl)cc3)cs2)c1=O. The summed E-state index contributed by atoms with van der Waals surface area (Å²) >= 11 is 7.46. The molecular weight excluding hydrogens is 592 g/mol. The van der Waals surface area contributed by atoms with E-state index in [1.807, 2.05) is 55.6 Å². The number of hydrogen-bond donors (Lipinski definition) is 1. The lowest BCUT2D eigenvalue weighted by molar-refractivity contribution is -0.133. The van der Waals surface area contributed by atoms with Crippen LogP contribution in [-0.2, 0) is 17.6 Å². The van der Waals surface area contributed by atoms with E-state index in [4.69, 9.17) is 16.6 Å². The second kappa shape index (κ2) is 12.5. The van der Waals surface area contributed by atoms with Crippen LogP contribution in [0, 0.1) is 0 Å². The highest BCUT2D eigenvalue weighted by Crippen LogP contribution is 2.33. The van der Waals surface area contributed by atoms with Gasteiger partial charge in [-0.15, -0.1) is 11.3 Å². The third-order valence-corrected chi connectivity index (χ3v) is 9.18. The van der Waals surface area contributed by atoms with E-state index in [0.29, 0.717) is 58.5 Å². The van der Waals surface area contributed by atoms with Crippen molar-refractivity contribution in [2.24, 2.45) is 0 Å². The molecular formula is C35H37ClN4O3S. The van der Waals surface area contributed by atoms with Gasteiger partial charge in [-0.05, 0) is 75.9 Å². The van der Waals surface area contributed by atoms with E-state index in [1.54, 1.807) is 41.5 Å². The van der Waals surface area contributed by atoms with Crippen molar-refractivity contribution >= 4 is 40.8 Å². The summed E-state index contributed by atoms with van der Waals surface area (Å²) in [6.45, 7) is 12.2. The molecule has 1 aliphatic rings. The van der Waals surface area contributed by atoms with Crippen LogP contribution in [0.1, 0.15) is 68.7 Å². The molecule has 1 aliphatic heterocycles. The lowest BCUT2D eigenvalue weighted by Gasteiger charge is -2.41. The number of allylic oxidation sites excluding steroid dienone is 1. The number of hydrogen-bond acceptors (Lipinski definition) is 5. The molecule has 0 saturated carbocycles. The highest BCUT2D eigenvalue weighted by molar-refractivity contribution is 7.13. The molecule has 9 heteroatoms. The van der Waals surface area contributed by atoms with Gasteiger partial charge >= 0.3 is 0 Å². The van der Waals surface area contributed by atoms with Crippen molar-refractivity contribution in [3.8, 4) is 27.5 Å². The van der Waals surface area contributed by atoms with Gasteiger partial charge in [0.05, 0.1) is 28.2 Å². The molecule has 2 aromatic heterocycles. The number of piperazine rings is 1. The predicted molar refractivity (Wildman–Crippen MR) is 180 cm³/mol. The average Bonchev–Trinajstić information content (AvgIpc) is 3.48. The number of nitrogens with zero attached hydrogens (tertiary/aromatic N) is 3. The molecule has 5 rings (SSSR count). The summed E-state index contributed by atoms with van der Waals surface area (Å²) in [6.07, 6.45) is 3.30. The van der Waals surface area contributed by atoms with Crippen molar-refractivity contribution in [3.05, 3.63) is 97.2 Å². The maximum atomic E-state index is 14.7. The zero-order chi connectivity index (χ0) is 31.8. The van der Waals surface area contributed by atoms with E-state index in [0.717, 1.165) is 28.0 Å². The maximum absolute atomic E-state index is 14.7. The van der Waals surface area contributed by atoms with Crippen molar-refractivity contribution in [2.45, 2.75) is 59.9 Å². The van der Waals surface area contributed by atoms with E-state index in [-0.39, 0.29) is 17.4 Å². The lowest BCUT2D eigenvalue weighted by atomic mass is 9.95. The van der Waals surface area contributed by atoms with Crippen molar-refractivity contribution < 1.29 is 9.59 Å². The molecule has 7 nitrogen and oxygen atoms in total. The summed E-state index contributed by atoms with van der Waals surface area (Å²) < 4.78 is 1.70. The highest BCUT2D eigenvalue weighted by atomic mass is 35.5. The summed E-state index contributed by atoms with van der Waals surface area (Å²) in [5.74, 6) is -0.527. The van der Waals surface area contributed by atoms with E-state index < -0.39 is 5.54 Å². The van der Waals surface area contributed by atoms with Crippen LogP contribution in [0.3, 0.4) is 0 Å². The third kappa shape index (κ3) is 5.76. The molecule has 0 aliphatic carbocycles. The first kappa shape index (κ1) is 31.4. The van der Waals surface area contributed by atoms with Crippen molar-refractivity contribution in [1.29, 1.82) is 0 Å². The van der Waals surface area contributed by atoms with Gasteiger partial charge in [-0.2, -0.15) is 0 Å². The summed E-state index contributed by atoms with van der Waals surface area (Å²) in [6, 6.07) is 15.1. The molecule has 0 spiro atoms. The fourth-order valence-electron chi connectivity index (χ4n) is 5.65. The summed E-state index contributed by atoms with van der Waals surface area (Å²) in [4.78, 5) is 48.7. The average molecular weight is 629 g/mol. The van der Waals surface area contributed by atoms with Crippen molar-refractivity contribution in [1.82, 2.24) is 19.8 Å². The second-order valence-corrected chi connectivity index (χ2v) is 13.0. The van der Waals surface area contributed by atoms with Gasteiger partial charge in [-0.1, -0.05) is 61.4 Å². The third-order valence-electron chi connectivity index (χ3n) is 8.05. The largest absolute Gasteiger partial charge is 0.352 e. The van der Waals surface area contributed by atoms with Gasteiger partial charge in [0.15, 0.2) is 0 Å². The molecule has 0 bridgehead atoms. The van der Waals surface area contributed by atoms with Gasteiger partial charge in [0.2, 0.25) is 5.91 Å². The monoisotopic (exact) mass is 628 g/mol. The Hall–Kier alpha value is -4.01. The van der Waals surface area contributed by atoms with Gasteiger partial charge in [-0.3, -0.25) is 19.0 Å². The summed E-state index contributed by atoms with van der Waals surface area (Å²) in [5, 5.41) is 5.91. The Bertz CT molecular complexity index is 1810. The fraction of sp³-hybridized carbons (Fsp3) is 0.314. The van der Waals surface area contributed by atoms with Gasteiger partial charge < -0.3 is 10.2 Å². The first-order chi connectivity index (χ1) is 21.0. The Morgan fingerprint density at radius 2 is 1.73 bits per heavy atom. The zero-order valence-corrected chi connectivity index (χ0v) is 27.5. The van der Waals surface area contributed by atoms with Crippen LogP contribution in [-0.4, -0.2) is 44.9 Å². The number of rotatable bonds is 7. The fourth-order valence-corrected chi connectivity index (χ4v) is 6.61. The van der Waals surface area contributed by atoms with E-state index >= 15 is 0 Å². The van der Waals surface area contributed by atoms with Crippen LogP contribution in [0.25, 0.3) is 33.6 Å². The summed E-state index contributed by atoms with van der Waals surface area (Å²) in [5.41, 5.74) is 5.17. The van der Waals surface area contributed by atoms with Crippen LogP contribution in [0.5, 0.6) is 0 Å². The molecule has 0 unspecified atom stereocenters. The highest BCUT2D eigenvalue weighted by Gasteiger charge is 2.41. The Morgan fingerprint density at radius 1 is 1.07 bits per heavy atom. The van der Waals surface area contributed by atoms with Crippen LogP contribution in [0.15, 0.2) is 64.3 Å². The molecule has 2 aromatic carbocycles. The van der Waals surface area contributed by atoms with E-state index in [2.05, 4.69) is 19.2 Å². The molecule has 0 radical (unpaired) electrons. The van der Waals surface area contributed by atoms with Gasteiger partial charge in [0.25, 0.3) is 11.5 Å². The van der Waals surface area contributed by atoms with Gasteiger partial charge in [-0.25, -0.2) is 4.98 Å². The minimum atomic E-state index is -1.07. The van der Waals surface area contributed by atoms with Crippen LogP contribution >= 0.6 is 22.9 Å². The number of carbonyl (C=O) groups excluding carboxylic acids is 2. The van der Waals surface area contributed by atoms with Crippen molar-refractivity contribution in [3.63, 3.8) is 0 Å². The van der Waals surface area contributed by atoms with E-state index in [9.17, 15) is 14.4 Å². The number of aromatic nitrogens is 2. The molecule has 1 N–H and O–H groups in total. The number of para-hydroxylation sites is 1. The van der Waals surface area contributed by atoms with Crippen LogP contribution in [0.4, 0.5) is 0 Å². The standard InChI is InChI=1S/C35H37ClN4O3S/c1-7-22-10-9-11-23(8-2)30(22)40-29(18-21(3)4)26(32(41)39-17-16-37-34(43)35(39,5)6)19-27(33(40)42)31-38-28(20-44-31)24-12-14-25(36)15-13-24/h9-15,18-20H,7-8,16-17H2,1-6H3,(H,37,43). The van der Waals surface area contributed by atoms with Crippen LogP contribution in [0.2, 0.25) is 5.02 Å². The molecule has 1 fully saturated rings. The maximum Gasteiger partial charge on any atom is 0.265 e. The minimum absolute atomic E-state index is 0.216. The molecule has 228 valence electrons. The molecule has 0 atom stereocenters. The van der Waals surface area contributed by atoms with Gasteiger partial charge in [0.1, 0.15) is 10.5 Å². The molecule has 4 aromatic rings. The topological polar surface area (TPSA) is 84.3 Å². The number of thiazole rings is 1. The number of aryl methyl sites for hydroxylation is 2. The smallest absolute Gasteiger partial charge is 0.265 e. The molecule has 1 saturated heterocycles. The number of halogens is 1. The first-order valence-corrected chi connectivity index (χ1v) is 16.1. The summed E-state index contributed by atoms with van der Waals surface area (Å²) in [7, 11) is 0. The predicted octanol–water partition coefficient (Wildman–Crippen LogP) is 7.18. The number of nitrogens with one attached hydrogen (secondary N) is 1. The normalized spacial score (nSPS) is 14.3. The van der Waals surface area contributed by atoms with Gasteiger partial charge in [0, 0.05) is 29.1 Å². The lowest BCUT2D eigenvalue weighted by Crippen LogP contribution is -2.63. The number of amides is 2. The quantitative estimate of drug-likeness (QED) is 0.235. The van der Waals surface area contributed by atoms with Crippen LogP contribution < -0.4 is 10.9 Å².